The van der Waals surface area contributed by atoms with Crippen molar-refractivity contribution in [1.82, 2.24) is 15.0 Å². The first-order valence-corrected chi connectivity index (χ1v) is 6.89. The lowest BCUT2D eigenvalue weighted by Crippen LogP contribution is -2.38. The topological polar surface area (TPSA) is 80.4 Å². The summed E-state index contributed by atoms with van der Waals surface area (Å²) in [6.07, 6.45) is 2.43. The summed E-state index contributed by atoms with van der Waals surface area (Å²) >= 11 is 0. The van der Waals surface area contributed by atoms with Crippen LogP contribution in [0.25, 0.3) is 0 Å². The highest BCUT2D eigenvalue weighted by Gasteiger charge is 2.30. The highest BCUT2D eigenvalue weighted by molar-refractivity contribution is 5.45. The van der Waals surface area contributed by atoms with E-state index in [1.54, 1.807) is 0 Å². The van der Waals surface area contributed by atoms with E-state index in [2.05, 4.69) is 31.7 Å². The minimum Gasteiger partial charge on any atom is -0.378 e. The van der Waals surface area contributed by atoms with Gasteiger partial charge in [-0.25, -0.2) is 0 Å². The molecular formula is C12H20N6O. The molecule has 1 aromatic rings. The molecule has 19 heavy (non-hydrogen) atoms. The van der Waals surface area contributed by atoms with Crippen LogP contribution in [0.5, 0.6) is 0 Å². The molecule has 2 heterocycles. The van der Waals surface area contributed by atoms with Gasteiger partial charge in [-0.05, 0) is 19.8 Å². The van der Waals surface area contributed by atoms with Gasteiger partial charge < -0.3 is 20.3 Å². The fraction of sp³-hybridized carbons (Fsp3) is 0.750. The maximum atomic E-state index is 5.83. The van der Waals surface area contributed by atoms with E-state index in [0.717, 1.165) is 19.6 Å². The van der Waals surface area contributed by atoms with E-state index in [1.807, 2.05) is 0 Å². The Bertz CT molecular complexity index is 444. The molecule has 2 N–H and O–H groups in total. The van der Waals surface area contributed by atoms with Crippen molar-refractivity contribution in [1.29, 1.82) is 0 Å². The third-order valence-electron chi connectivity index (χ3n) is 3.51. The van der Waals surface area contributed by atoms with Crippen LogP contribution >= 0.6 is 0 Å². The normalized spacial score (nSPS) is 19.5. The molecule has 7 heteroatoms. The first-order chi connectivity index (χ1) is 9.28. The number of anilines is 3. The summed E-state index contributed by atoms with van der Waals surface area (Å²) in [5.41, 5.74) is 5.83. The molecule has 0 bridgehead atoms. The Morgan fingerprint density at radius 1 is 1.26 bits per heavy atom. The zero-order chi connectivity index (χ0) is 13.2. The summed E-state index contributed by atoms with van der Waals surface area (Å²) in [6, 6.07) is 0.573. The molecule has 2 aliphatic rings. The number of aromatic nitrogens is 3. The number of nitrogens with two attached hydrogens (primary N) is 1. The molecular weight excluding hydrogens is 244 g/mol. The first-order valence-electron chi connectivity index (χ1n) is 6.89. The van der Waals surface area contributed by atoms with E-state index in [0.29, 0.717) is 37.1 Å². The monoisotopic (exact) mass is 264 g/mol. The molecule has 0 amide bonds. The van der Waals surface area contributed by atoms with Gasteiger partial charge in [0.1, 0.15) is 0 Å². The summed E-state index contributed by atoms with van der Waals surface area (Å²) in [4.78, 5) is 17.4. The van der Waals surface area contributed by atoms with Crippen LogP contribution in [-0.4, -0.2) is 53.8 Å². The van der Waals surface area contributed by atoms with Crippen molar-refractivity contribution in [2.45, 2.75) is 25.8 Å². The van der Waals surface area contributed by atoms with E-state index in [4.69, 9.17) is 10.5 Å². The van der Waals surface area contributed by atoms with Crippen molar-refractivity contribution in [2.24, 2.45) is 0 Å². The fourth-order valence-corrected chi connectivity index (χ4v) is 2.35. The van der Waals surface area contributed by atoms with Gasteiger partial charge in [0.05, 0.1) is 13.2 Å². The van der Waals surface area contributed by atoms with E-state index >= 15 is 0 Å². The molecule has 1 saturated carbocycles. The zero-order valence-electron chi connectivity index (χ0n) is 11.2. The van der Waals surface area contributed by atoms with Gasteiger partial charge in [-0.15, -0.1) is 0 Å². The average Bonchev–Trinajstić information content (AvgIpc) is 3.25. The number of ether oxygens (including phenoxy) is 1. The number of nitrogens with zero attached hydrogens (tertiary/aromatic N) is 5. The van der Waals surface area contributed by atoms with E-state index < -0.39 is 0 Å². The molecule has 0 radical (unpaired) electrons. The molecule has 1 aromatic heterocycles. The molecule has 0 unspecified atom stereocenters. The van der Waals surface area contributed by atoms with Crippen molar-refractivity contribution < 1.29 is 4.74 Å². The van der Waals surface area contributed by atoms with Crippen LogP contribution in [0, 0.1) is 0 Å². The van der Waals surface area contributed by atoms with E-state index in [9.17, 15) is 0 Å². The maximum Gasteiger partial charge on any atom is 0.232 e. The maximum absolute atomic E-state index is 5.83. The number of nitrogen functional groups attached to an aromatic ring is 1. The minimum absolute atomic E-state index is 0.297. The van der Waals surface area contributed by atoms with Crippen molar-refractivity contribution >= 4 is 17.8 Å². The lowest BCUT2D eigenvalue weighted by atomic mass is 10.4. The van der Waals surface area contributed by atoms with Crippen LogP contribution in [-0.2, 0) is 4.74 Å². The predicted octanol–water partition coefficient (Wildman–Crippen LogP) is 0.279. The summed E-state index contributed by atoms with van der Waals surface area (Å²) < 4.78 is 5.34. The summed E-state index contributed by atoms with van der Waals surface area (Å²) in [6.45, 7) is 6.04. The first kappa shape index (κ1) is 12.4. The fourth-order valence-electron chi connectivity index (χ4n) is 2.35. The highest BCUT2D eigenvalue weighted by atomic mass is 16.5. The highest BCUT2D eigenvalue weighted by Crippen LogP contribution is 2.30. The van der Waals surface area contributed by atoms with E-state index in [1.165, 1.54) is 12.8 Å². The molecule has 1 saturated heterocycles. The lowest BCUT2D eigenvalue weighted by Gasteiger charge is -2.28. The van der Waals surface area contributed by atoms with Gasteiger partial charge >= 0.3 is 0 Å². The molecule has 2 fully saturated rings. The number of rotatable bonds is 4. The second-order valence-corrected chi connectivity index (χ2v) is 4.91. The molecule has 1 aliphatic heterocycles. The van der Waals surface area contributed by atoms with Gasteiger partial charge in [-0.2, -0.15) is 15.0 Å². The van der Waals surface area contributed by atoms with Crippen LogP contribution in [0.15, 0.2) is 0 Å². The molecule has 0 atom stereocenters. The Labute approximate surface area is 112 Å². The zero-order valence-corrected chi connectivity index (χ0v) is 11.2. The molecule has 7 nitrogen and oxygen atoms in total. The second kappa shape index (κ2) is 5.16. The largest absolute Gasteiger partial charge is 0.378 e. The van der Waals surface area contributed by atoms with Crippen LogP contribution in [0.4, 0.5) is 17.8 Å². The standard InChI is InChI=1S/C12H20N6O/c1-2-18(9-3-4-9)12-15-10(13)14-11(16-12)17-5-7-19-8-6-17/h9H,2-8H2,1H3,(H2,13,14,15,16). The Balaban J connectivity index is 1.86. The van der Waals surface area contributed by atoms with Gasteiger partial charge in [0.15, 0.2) is 0 Å². The predicted molar refractivity (Wildman–Crippen MR) is 73.3 cm³/mol. The molecule has 3 rings (SSSR count). The van der Waals surface area contributed by atoms with Crippen LogP contribution in [0.2, 0.25) is 0 Å². The van der Waals surface area contributed by atoms with Gasteiger partial charge in [0.25, 0.3) is 0 Å². The SMILES string of the molecule is CCN(c1nc(N)nc(N2CCOCC2)n1)C1CC1. The second-order valence-electron chi connectivity index (χ2n) is 4.91. The number of hydrogen-bond acceptors (Lipinski definition) is 7. The van der Waals surface area contributed by atoms with Crippen molar-refractivity contribution in [3.63, 3.8) is 0 Å². The minimum atomic E-state index is 0.297. The van der Waals surface area contributed by atoms with Gasteiger partial charge in [0, 0.05) is 25.7 Å². The van der Waals surface area contributed by atoms with Crippen molar-refractivity contribution in [3.8, 4) is 0 Å². The lowest BCUT2D eigenvalue weighted by molar-refractivity contribution is 0.122. The van der Waals surface area contributed by atoms with Crippen molar-refractivity contribution in [3.05, 3.63) is 0 Å². The van der Waals surface area contributed by atoms with Gasteiger partial charge in [-0.3, -0.25) is 0 Å². The quantitative estimate of drug-likeness (QED) is 0.836. The molecule has 1 aliphatic carbocycles. The Morgan fingerprint density at radius 2 is 2.00 bits per heavy atom. The van der Waals surface area contributed by atoms with Crippen molar-refractivity contribution in [2.75, 3.05) is 48.4 Å². The van der Waals surface area contributed by atoms with E-state index in [-0.39, 0.29) is 0 Å². The van der Waals surface area contributed by atoms with Crippen LogP contribution < -0.4 is 15.5 Å². The Kier molecular flexibility index (Phi) is 3.37. The number of hydrogen-bond donors (Lipinski definition) is 1. The summed E-state index contributed by atoms with van der Waals surface area (Å²) in [5, 5.41) is 0. The summed E-state index contributed by atoms with van der Waals surface area (Å²) in [7, 11) is 0. The van der Waals surface area contributed by atoms with Crippen LogP contribution in [0.1, 0.15) is 19.8 Å². The molecule has 104 valence electrons. The Hall–Kier alpha value is -1.63. The third kappa shape index (κ3) is 2.70. The van der Waals surface area contributed by atoms with Crippen LogP contribution in [0.3, 0.4) is 0 Å². The summed E-state index contributed by atoms with van der Waals surface area (Å²) in [5.74, 6) is 1.68. The smallest absolute Gasteiger partial charge is 0.232 e. The number of morpholine rings is 1. The molecule has 0 spiro atoms. The van der Waals surface area contributed by atoms with Gasteiger partial charge in [0.2, 0.25) is 17.8 Å². The Morgan fingerprint density at radius 3 is 2.63 bits per heavy atom. The average molecular weight is 264 g/mol. The molecule has 0 aromatic carbocycles. The third-order valence-corrected chi connectivity index (χ3v) is 3.51. The van der Waals surface area contributed by atoms with Gasteiger partial charge in [-0.1, -0.05) is 0 Å².